The highest BCUT2D eigenvalue weighted by atomic mass is 35.5. The van der Waals surface area contributed by atoms with Gasteiger partial charge in [0.05, 0.1) is 0 Å². The first-order chi connectivity index (χ1) is 23.2. The lowest BCUT2D eigenvalue weighted by Crippen LogP contribution is -2.36. The van der Waals surface area contributed by atoms with Crippen molar-refractivity contribution in [2.45, 2.75) is 25.7 Å². The molecule has 5 rings (SSSR count). The molecule has 5 aromatic rings. The van der Waals surface area contributed by atoms with Gasteiger partial charge in [-0.25, -0.2) is 0 Å². The van der Waals surface area contributed by atoms with Crippen LogP contribution in [0, 0.1) is 0 Å². The summed E-state index contributed by atoms with van der Waals surface area (Å²) in [6.45, 7) is 1.94. The Morgan fingerprint density at radius 3 is 1.10 bits per heavy atom. The number of aromatic nitrogens is 1. The van der Waals surface area contributed by atoms with E-state index in [0.717, 1.165) is 22.3 Å². The second-order valence-electron chi connectivity index (χ2n) is 11.5. The molecule has 1 heterocycles. The van der Waals surface area contributed by atoms with Gasteiger partial charge in [-0.1, -0.05) is 94.9 Å². The molecule has 1 aromatic heterocycles. The van der Waals surface area contributed by atoms with E-state index in [1.807, 2.05) is 102 Å². The quantitative estimate of drug-likeness (QED) is 0.115. The number of hydrogen-bond donors (Lipinski definition) is 0. The minimum absolute atomic E-state index is 0.164. The maximum absolute atomic E-state index is 14.0. The van der Waals surface area contributed by atoms with Crippen LogP contribution in [0.15, 0.2) is 115 Å². The lowest BCUT2D eigenvalue weighted by Gasteiger charge is -2.24. The van der Waals surface area contributed by atoms with Gasteiger partial charge in [0.15, 0.2) is 0 Å². The zero-order chi connectivity index (χ0) is 33.9. The molecule has 0 aliphatic carbocycles. The number of rotatable bonds is 14. The fraction of sp³-hybridized carbons (Fsp3) is 0.205. The first-order valence-corrected chi connectivity index (χ1v) is 17.3. The molecule has 0 saturated carbocycles. The van der Waals surface area contributed by atoms with Gasteiger partial charge in [0.25, 0.3) is 11.8 Å². The van der Waals surface area contributed by atoms with E-state index in [4.69, 9.17) is 46.4 Å². The summed E-state index contributed by atoms with van der Waals surface area (Å²) in [5.74, 6) is -0.398. The van der Waals surface area contributed by atoms with E-state index in [0.29, 0.717) is 77.5 Å². The van der Waals surface area contributed by atoms with Crippen LogP contribution in [0.3, 0.4) is 0 Å². The van der Waals surface area contributed by atoms with Crippen molar-refractivity contribution in [3.8, 4) is 0 Å². The minimum atomic E-state index is -0.235. The Kier molecular flexibility index (Phi) is 12.9. The number of amides is 2. The first kappa shape index (κ1) is 35.4. The van der Waals surface area contributed by atoms with Crippen LogP contribution in [0.25, 0.3) is 0 Å². The van der Waals surface area contributed by atoms with Crippen molar-refractivity contribution in [3.63, 3.8) is 0 Å². The topological polar surface area (TPSA) is 53.5 Å². The Labute approximate surface area is 302 Å². The number of nitrogens with zero attached hydrogens (tertiary/aromatic N) is 3. The van der Waals surface area contributed by atoms with E-state index >= 15 is 0 Å². The van der Waals surface area contributed by atoms with Gasteiger partial charge in [0.2, 0.25) is 0 Å². The van der Waals surface area contributed by atoms with Crippen molar-refractivity contribution in [1.82, 2.24) is 14.8 Å². The van der Waals surface area contributed by atoms with E-state index in [1.165, 1.54) is 6.20 Å². The van der Waals surface area contributed by atoms with Crippen LogP contribution in [0.1, 0.15) is 43.1 Å². The zero-order valence-electron chi connectivity index (χ0n) is 26.3. The molecule has 0 radical (unpaired) electrons. The first-order valence-electron chi connectivity index (χ1n) is 15.8. The van der Waals surface area contributed by atoms with Crippen LogP contribution in [-0.2, 0) is 25.7 Å². The van der Waals surface area contributed by atoms with Crippen molar-refractivity contribution >= 4 is 58.2 Å². The molecule has 0 aliphatic heterocycles. The molecule has 0 bridgehead atoms. The van der Waals surface area contributed by atoms with Gasteiger partial charge >= 0.3 is 0 Å². The lowest BCUT2D eigenvalue weighted by atomic mass is 10.1. The smallest absolute Gasteiger partial charge is 0.272 e. The van der Waals surface area contributed by atoms with E-state index in [2.05, 4.69) is 4.98 Å². The standard InChI is InChI=1S/C39H35Cl4N3O2/c40-33-9-1-28(2-10-33)18-23-45(24-19-29-3-11-34(41)12-4-29)38(47)32-17-22-44-37(27-32)39(48)46(25-20-30-5-13-35(42)14-6-30)26-21-31-7-15-36(43)16-8-31/h1-17,22,27H,18-21,23-26H2. The molecule has 0 fully saturated rings. The maximum atomic E-state index is 14.0. The van der Waals surface area contributed by atoms with Crippen molar-refractivity contribution in [1.29, 1.82) is 0 Å². The monoisotopic (exact) mass is 717 g/mol. The molecular formula is C39H35Cl4N3O2. The van der Waals surface area contributed by atoms with E-state index in [-0.39, 0.29) is 17.5 Å². The third kappa shape index (κ3) is 10.6. The highest BCUT2D eigenvalue weighted by molar-refractivity contribution is 6.31. The Morgan fingerprint density at radius 1 is 0.458 bits per heavy atom. The van der Waals surface area contributed by atoms with Gasteiger partial charge in [-0.3, -0.25) is 14.6 Å². The van der Waals surface area contributed by atoms with Crippen LogP contribution in [0.2, 0.25) is 20.1 Å². The van der Waals surface area contributed by atoms with Crippen LogP contribution in [0.5, 0.6) is 0 Å². The van der Waals surface area contributed by atoms with E-state index in [9.17, 15) is 9.59 Å². The molecule has 0 unspecified atom stereocenters. The van der Waals surface area contributed by atoms with Crippen LogP contribution >= 0.6 is 46.4 Å². The van der Waals surface area contributed by atoms with Crippen LogP contribution in [-0.4, -0.2) is 52.8 Å². The molecule has 0 spiro atoms. The maximum Gasteiger partial charge on any atom is 0.272 e. The van der Waals surface area contributed by atoms with Gasteiger partial charge in [0.1, 0.15) is 5.69 Å². The number of halogens is 4. The molecule has 0 atom stereocenters. The fourth-order valence-electron chi connectivity index (χ4n) is 5.32. The van der Waals surface area contributed by atoms with Gasteiger partial charge < -0.3 is 9.80 Å². The summed E-state index contributed by atoms with van der Waals surface area (Å²) >= 11 is 24.4. The average Bonchev–Trinajstić information content (AvgIpc) is 3.11. The molecule has 246 valence electrons. The molecule has 4 aromatic carbocycles. The fourth-order valence-corrected chi connectivity index (χ4v) is 5.82. The summed E-state index contributed by atoms with van der Waals surface area (Å²) in [7, 11) is 0. The number of hydrogen-bond acceptors (Lipinski definition) is 3. The molecule has 0 saturated heterocycles. The lowest BCUT2D eigenvalue weighted by molar-refractivity contribution is 0.0752. The second-order valence-corrected chi connectivity index (χ2v) is 13.3. The number of carbonyl (C=O) groups excluding carboxylic acids is 2. The Bertz CT molecular complexity index is 1570. The highest BCUT2D eigenvalue weighted by Gasteiger charge is 2.21. The van der Waals surface area contributed by atoms with E-state index in [1.54, 1.807) is 17.0 Å². The normalized spacial score (nSPS) is 10.9. The third-order valence-corrected chi connectivity index (χ3v) is 9.14. The van der Waals surface area contributed by atoms with Crippen molar-refractivity contribution in [2.75, 3.05) is 26.2 Å². The van der Waals surface area contributed by atoms with Gasteiger partial charge in [-0.2, -0.15) is 0 Å². The summed E-state index contributed by atoms with van der Waals surface area (Å²) in [4.78, 5) is 36.0. The predicted molar refractivity (Wildman–Crippen MR) is 197 cm³/mol. The Morgan fingerprint density at radius 2 is 0.771 bits per heavy atom. The van der Waals surface area contributed by atoms with Gasteiger partial charge in [-0.05, 0) is 109 Å². The summed E-state index contributed by atoms with van der Waals surface area (Å²) in [6, 6.07) is 33.8. The third-order valence-electron chi connectivity index (χ3n) is 8.14. The second kappa shape index (κ2) is 17.5. The molecule has 2 amide bonds. The van der Waals surface area contributed by atoms with Crippen LogP contribution in [0.4, 0.5) is 0 Å². The number of benzene rings is 4. The largest absolute Gasteiger partial charge is 0.338 e. The minimum Gasteiger partial charge on any atom is -0.338 e. The zero-order valence-corrected chi connectivity index (χ0v) is 29.3. The molecule has 0 N–H and O–H groups in total. The number of pyridine rings is 1. The molecule has 5 nitrogen and oxygen atoms in total. The van der Waals surface area contributed by atoms with Gasteiger partial charge in [-0.15, -0.1) is 0 Å². The van der Waals surface area contributed by atoms with Gasteiger partial charge in [0, 0.05) is 58.0 Å². The molecule has 9 heteroatoms. The summed E-state index contributed by atoms with van der Waals surface area (Å²) in [6.07, 6.45) is 4.14. The van der Waals surface area contributed by atoms with Crippen molar-refractivity contribution in [3.05, 3.63) is 169 Å². The molecular weight excluding hydrogens is 684 g/mol. The Balaban J connectivity index is 1.34. The predicted octanol–water partition coefficient (Wildman–Crippen LogP) is 9.55. The average molecular weight is 720 g/mol. The summed E-state index contributed by atoms with van der Waals surface area (Å²) in [5, 5.41) is 2.66. The van der Waals surface area contributed by atoms with E-state index < -0.39 is 0 Å². The summed E-state index contributed by atoms with van der Waals surface area (Å²) < 4.78 is 0. The SMILES string of the molecule is O=C(c1ccnc(C(=O)N(CCc2ccc(Cl)cc2)CCc2ccc(Cl)cc2)c1)N(CCc1ccc(Cl)cc1)CCc1ccc(Cl)cc1. The molecule has 0 aliphatic rings. The van der Waals surface area contributed by atoms with Crippen molar-refractivity contribution in [2.24, 2.45) is 0 Å². The molecule has 48 heavy (non-hydrogen) atoms. The number of carbonyl (C=O) groups is 2. The van der Waals surface area contributed by atoms with Crippen LogP contribution < -0.4 is 0 Å². The Hall–Kier alpha value is -3.87. The highest BCUT2D eigenvalue weighted by Crippen LogP contribution is 2.17. The van der Waals surface area contributed by atoms with Crippen molar-refractivity contribution < 1.29 is 9.59 Å². The summed E-state index contributed by atoms with van der Waals surface area (Å²) in [5.41, 5.74) is 4.92.